The monoisotopic (exact) mass is 184 g/mol. The van der Waals surface area contributed by atoms with E-state index in [0.717, 1.165) is 19.3 Å². The number of nitrogens with zero attached hydrogens (tertiary/aromatic N) is 1. The molecule has 0 bridgehead atoms. The first kappa shape index (κ1) is 9.44. The summed E-state index contributed by atoms with van der Waals surface area (Å²) in [6.45, 7) is 4.36. The summed E-state index contributed by atoms with van der Waals surface area (Å²) in [6, 6.07) is 1.44. The molecule has 2 fully saturated rings. The van der Waals surface area contributed by atoms with Gasteiger partial charge in [0.1, 0.15) is 0 Å². The molecule has 3 nitrogen and oxygen atoms in total. The van der Waals surface area contributed by atoms with Gasteiger partial charge in [-0.2, -0.15) is 0 Å². The molecule has 0 aromatic heterocycles. The number of likely N-dealkylation sites (N-methyl/N-ethyl adjacent to an activating group) is 1. The maximum Gasteiger partial charge on any atom is 0.0480 e. The third-order valence-electron chi connectivity index (χ3n) is 3.08. The number of ether oxygens (including phenoxy) is 1. The molecule has 1 atom stereocenters. The van der Waals surface area contributed by atoms with Crippen LogP contribution in [-0.2, 0) is 4.74 Å². The molecule has 1 N–H and O–H groups in total. The van der Waals surface area contributed by atoms with Gasteiger partial charge >= 0.3 is 0 Å². The molecular weight excluding hydrogens is 164 g/mol. The van der Waals surface area contributed by atoms with Crippen molar-refractivity contribution in [2.75, 3.05) is 33.4 Å². The highest BCUT2D eigenvalue weighted by atomic mass is 16.5. The molecule has 2 aliphatic heterocycles. The average Bonchev–Trinajstić information content (AvgIpc) is 2.53. The van der Waals surface area contributed by atoms with Crippen LogP contribution in [0.1, 0.15) is 19.3 Å². The first-order valence-electron chi connectivity index (χ1n) is 5.37. The number of hydrogen-bond donors (Lipinski definition) is 1. The Morgan fingerprint density at radius 2 is 1.92 bits per heavy atom. The van der Waals surface area contributed by atoms with Crippen LogP contribution < -0.4 is 5.32 Å². The summed E-state index contributed by atoms with van der Waals surface area (Å²) in [5, 5.41) is 3.73. The van der Waals surface area contributed by atoms with Gasteiger partial charge in [-0.1, -0.05) is 0 Å². The number of rotatable bonds is 2. The lowest BCUT2D eigenvalue weighted by Crippen LogP contribution is -2.42. The van der Waals surface area contributed by atoms with Gasteiger partial charge in [0.15, 0.2) is 0 Å². The fraction of sp³-hybridized carbons (Fsp3) is 1.00. The molecule has 0 aliphatic carbocycles. The molecule has 0 saturated carbocycles. The van der Waals surface area contributed by atoms with Gasteiger partial charge in [-0.3, -0.25) is 0 Å². The lowest BCUT2D eigenvalue weighted by Gasteiger charge is -2.26. The highest BCUT2D eigenvalue weighted by molar-refractivity contribution is 4.83. The number of likely N-dealkylation sites (tertiary alicyclic amines) is 1. The first-order chi connectivity index (χ1) is 6.34. The maximum absolute atomic E-state index is 5.33. The third-order valence-corrected chi connectivity index (χ3v) is 3.08. The van der Waals surface area contributed by atoms with E-state index < -0.39 is 0 Å². The second kappa shape index (κ2) is 4.40. The molecule has 0 amide bonds. The minimum Gasteiger partial charge on any atom is -0.381 e. The van der Waals surface area contributed by atoms with Crippen LogP contribution in [0.4, 0.5) is 0 Å². The van der Waals surface area contributed by atoms with Crippen molar-refractivity contribution >= 4 is 0 Å². The number of nitrogens with one attached hydrogen (secondary N) is 1. The molecular formula is C10H20N2O. The lowest BCUT2D eigenvalue weighted by molar-refractivity contribution is 0.0752. The Labute approximate surface area is 80.4 Å². The van der Waals surface area contributed by atoms with Gasteiger partial charge in [-0.05, 0) is 32.9 Å². The molecule has 2 rings (SSSR count). The Morgan fingerprint density at radius 1 is 1.15 bits per heavy atom. The van der Waals surface area contributed by atoms with E-state index in [0.29, 0.717) is 6.04 Å². The van der Waals surface area contributed by atoms with E-state index >= 15 is 0 Å². The third kappa shape index (κ3) is 2.66. The van der Waals surface area contributed by atoms with Gasteiger partial charge in [-0.15, -0.1) is 0 Å². The predicted molar refractivity (Wildman–Crippen MR) is 52.9 cm³/mol. The van der Waals surface area contributed by atoms with Gasteiger partial charge in [-0.25, -0.2) is 0 Å². The molecule has 0 radical (unpaired) electrons. The van der Waals surface area contributed by atoms with Crippen molar-refractivity contribution in [1.29, 1.82) is 0 Å². The van der Waals surface area contributed by atoms with Crippen molar-refractivity contribution in [1.82, 2.24) is 10.2 Å². The molecule has 2 saturated heterocycles. The van der Waals surface area contributed by atoms with Gasteiger partial charge in [0.05, 0.1) is 0 Å². The van der Waals surface area contributed by atoms with Crippen LogP contribution in [0.15, 0.2) is 0 Å². The SMILES string of the molecule is CN1CCC(NC2CCOCC2)C1. The molecule has 3 heteroatoms. The quantitative estimate of drug-likeness (QED) is 0.675. The van der Waals surface area contributed by atoms with E-state index in [4.69, 9.17) is 4.74 Å². The molecule has 13 heavy (non-hydrogen) atoms. The summed E-state index contributed by atoms with van der Waals surface area (Å²) < 4.78 is 5.33. The zero-order chi connectivity index (χ0) is 9.10. The predicted octanol–water partition coefficient (Wildman–Crippen LogP) is 0.459. The summed E-state index contributed by atoms with van der Waals surface area (Å²) in [5.41, 5.74) is 0. The topological polar surface area (TPSA) is 24.5 Å². The molecule has 76 valence electrons. The molecule has 0 spiro atoms. The highest BCUT2D eigenvalue weighted by Gasteiger charge is 2.23. The molecule has 0 aromatic rings. The van der Waals surface area contributed by atoms with Crippen LogP contribution in [0, 0.1) is 0 Å². The minimum absolute atomic E-state index is 0.713. The van der Waals surface area contributed by atoms with Crippen molar-refractivity contribution in [2.24, 2.45) is 0 Å². The van der Waals surface area contributed by atoms with Gasteiger partial charge in [0.25, 0.3) is 0 Å². The zero-order valence-electron chi connectivity index (χ0n) is 8.46. The lowest BCUT2D eigenvalue weighted by atomic mass is 10.1. The minimum atomic E-state index is 0.713. The van der Waals surface area contributed by atoms with Gasteiger partial charge in [0.2, 0.25) is 0 Å². The van der Waals surface area contributed by atoms with E-state index in [1.165, 1.54) is 32.4 Å². The Morgan fingerprint density at radius 3 is 2.54 bits per heavy atom. The van der Waals surface area contributed by atoms with Crippen molar-refractivity contribution in [2.45, 2.75) is 31.3 Å². The Hall–Kier alpha value is -0.120. The smallest absolute Gasteiger partial charge is 0.0480 e. The van der Waals surface area contributed by atoms with Crippen LogP contribution >= 0.6 is 0 Å². The second-order valence-corrected chi connectivity index (χ2v) is 4.30. The summed E-state index contributed by atoms with van der Waals surface area (Å²) in [7, 11) is 2.20. The van der Waals surface area contributed by atoms with Crippen LogP contribution in [0.3, 0.4) is 0 Å². The largest absolute Gasteiger partial charge is 0.381 e. The second-order valence-electron chi connectivity index (χ2n) is 4.30. The van der Waals surface area contributed by atoms with E-state index in [1.807, 2.05) is 0 Å². The first-order valence-corrected chi connectivity index (χ1v) is 5.37. The van der Waals surface area contributed by atoms with Crippen molar-refractivity contribution < 1.29 is 4.74 Å². The molecule has 2 heterocycles. The molecule has 1 unspecified atom stereocenters. The van der Waals surface area contributed by atoms with E-state index in [-0.39, 0.29) is 0 Å². The summed E-state index contributed by atoms with van der Waals surface area (Å²) in [5.74, 6) is 0. The van der Waals surface area contributed by atoms with Gasteiger partial charge in [0, 0.05) is 31.8 Å². The van der Waals surface area contributed by atoms with E-state index in [9.17, 15) is 0 Å². The Balaban J connectivity index is 1.71. The van der Waals surface area contributed by atoms with Crippen molar-refractivity contribution in [3.05, 3.63) is 0 Å². The maximum atomic E-state index is 5.33. The van der Waals surface area contributed by atoms with Crippen molar-refractivity contribution in [3.63, 3.8) is 0 Å². The normalized spacial score (nSPS) is 32.5. The average molecular weight is 184 g/mol. The Kier molecular flexibility index (Phi) is 3.19. The number of hydrogen-bond acceptors (Lipinski definition) is 3. The summed E-state index contributed by atoms with van der Waals surface area (Å²) in [6.07, 6.45) is 3.70. The fourth-order valence-corrected chi connectivity index (χ4v) is 2.27. The standard InChI is InChI=1S/C10H20N2O/c1-12-5-2-10(8-12)11-9-3-6-13-7-4-9/h9-11H,2-8H2,1H3. The van der Waals surface area contributed by atoms with Crippen LogP contribution in [0.25, 0.3) is 0 Å². The van der Waals surface area contributed by atoms with Crippen molar-refractivity contribution in [3.8, 4) is 0 Å². The van der Waals surface area contributed by atoms with E-state index in [1.54, 1.807) is 0 Å². The fourth-order valence-electron chi connectivity index (χ4n) is 2.27. The van der Waals surface area contributed by atoms with Crippen LogP contribution in [0.2, 0.25) is 0 Å². The Bertz CT molecular complexity index is 154. The van der Waals surface area contributed by atoms with Gasteiger partial charge < -0.3 is 15.0 Å². The highest BCUT2D eigenvalue weighted by Crippen LogP contribution is 2.12. The zero-order valence-corrected chi connectivity index (χ0v) is 8.46. The summed E-state index contributed by atoms with van der Waals surface area (Å²) in [4.78, 5) is 2.40. The summed E-state index contributed by atoms with van der Waals surface area (Å²) >= 11 is 0. The molecule has 2 aliphatic rings. The van der Waals surface area contributed by atoms with Crippen LogP contribution in [-0.4, -0.2) is 50.3 Å². The van der Waals surface area contributed by atoms with Crippen LogP contribution in [0.5, 0.6) is 0 Å². The molecule has 0 aromatic carbocycles. The van der Waals surface area contributed by atoms with E-state index in [2.05, 4.69) is 17.3 Å².